The zero-order valence-corrected chi connectivity index (χ0v) is 11.3. The van der Waals surface area contributed by atoms with Gasteiger partial charge in [0.2, 0.25) is 0 Å². The van der Waals surface area contributed by atoms with Crippen molar-refractivity contribution >= 4 is 11.5 Å². The van der Waals surface area contributed by atoms with Crippen molar-refractivity contribution in [1.82, 2.24) is 14.2 Å². The lowest BCUT2D eigenvalue weighted by molar-refractivity contribution is -0.147. The van der Waals surface area contributed by atoms with Gasteiger partial charge >= 0.3 is 5.97 Å². The molecule has 0 amide bonds. The Morgan fingerprint density at radius 2 is 2.11 bits per heavy atom. The van der Waals surface area contributed by atoms with Crippen LogP contribution in [-0.4, -0.2) is 25.3 Å². The van der Waals surface area contributed by atoms with Crippen molar-refractivity contribution in [2.24, 2.45) is 5.41 Å². The van der Waals surface area contributed by atoms with Crippen molar-refractivity contribution in [3.05, 3.63) is 34.5 Å². The van der Waals surface area contributed by atoms with Crippen LogP contribution in [-0.2, 0) is 11.3 Å². The molecule has 2 heterocycles. The van der Waals surface area contributed by atoms with Crippen molar-refractivity contribution in [1.29, 1.82) is 0 Å². The van der Waals surface area contributed by atoms with Crippen LogP contribution in [0.5, 0.6) is 0 Å². The third-order valence-corrected chi connectivity index (χ3v) is 3.28. The average Bonchev–Trinajstić information content (AvgIpc) is 2.70. The number of aromatic nitrogens is 3. The molecule has 0 bridgehead atoms. The van der Waals surface area contributed by atoms with E-state index in [0.29, 0.717) is 18.5 Å². The SMILES string of the molecule is Cc1cc2c(=O)n(CCC(C)(C)C(=O)O)ccn2n1. The predicted molar refractivity (Wildman–Crippen MR) is 70.2 cm³/mol. The Kier molecular flexibility index (Phi) is 3.18. The molecule has 0 aliphatic heterocycles. The van der Waals surface area contributed by atoms with Crippen LogP contribution < -0.4 is 5.56 Å². The summed E-state index contributed by atoms with van der Waals surface area (Å²) in [6, 6.07) is 1.72. The first kappa shape index (κ1) is 13.3. The Hall–Kier alpha value is -2.11. The maximum absolute atomic E-state index is 12.2. The normalized spacial score (nSPS) is 11.9. The monoisotopic (exact) mass is 263 g/mol. The van der Waals surface area contributed by atoms with Crippen LogP contribution in [0.25, 0.3) is 5.52 Å². The van der Waals surface area contributed by atoms with E-state index in [1.807, 2.05) is 6.92 Å². The minimum absolute atomic E-state index is 0.149. The van der Waals surface area contributed by atoms with Gasteiger partial charge < -0.3 is 9.67 Å². The lowest BCUT2D eigenvalue weighted by atomic mass is 9.90. The molecule has 0 aliphatic carbocycles. The summed E-state index contributed by atoms with van der Waals surface area (Å²) in [7, 11) is 0. The Morgan fingerprint density at radius 3 is 2.74 bits per heavy atom. The fourth-order valence-corrected chi connectivity index (χ4v) is 1.83. The average molecular weight is 263 g/mol. The van der Waals surface area contributed by atoms with Gasteiger partial charge in [0, 0.05) is 18.9 Å². The highest BCUT2D eigenvalue weighted by Gasteiger charge is 2.26. The van der Waals surface area contributed by atoms with Gasteiger partial charge in [0.1, 0.15) is 5.52 Å². The predicted octanol–water partition coefficient (Wildman–Crippen LogP) is 1.31. The second kappa shape index (κ2) is 4.53. The van der Waals surface area contributed by atoms with Crippen LogP contribution in [0, 0.1) is 12.3 Å². The molecule has 0 fully saturated rings. The van der Waals surface area contributed by atoms with E-state index < -0.39 is 11.4 Å². The smallest absolute Gasteiger partial charge is 0.309 e. The van der Waals surface area contributed by atoms with Crippen molar-refractivity contribution in [2.45, 2.75) is 33.7 Å². The van der Waals surface area contributed by atoms with Gasteiger partial charge in [0.25, 0.3) is 5.56 Å². The second-order valence-electron chi connectivity index (χ2n) is 5.35. The van der Waals surface area contributed by atoms with Gasteiger partial charge in [-0.1, -0.05) is 0 Å². The minimum atomic E-state index is -0.859. The largest absolute Gasteiger partial charge is 0.481 e. The number of aliphatic carboxylic acids is 1. The van der Waals surface area contributed by atoms with Crippen LogP contribution in [0.1, 0.15) is 26.0 Å². The Balaban J connectivity index is 2.29. The minimum Gasteiger partial charge on any atom is -0.481 e. The maximum atomic E-state index is 12.2. The number of fused-ring (bicyclic) bond motifs is 1. The van der Waals surface area contributed by atoms with Gasteiger partial charge in [-0.05, 0) is 33.3 Å². The number of hydrogen-bond donors (Lipinski definition) is 1. The molecule has 2 aromatic rings. The number of aryl methyl sites for hydroxylation is 2. The van der Waals surface area contributed by atoms with E-state index in [9.17, 15) is 9.59 Å². The fourth-order valence-electron chi connectivity index (χ4n) is 1.83. The number of carbonyl (C=O) groups is 1. The molecule has 0 atom stereocenters. The molecular weight excluding hydrogens is 246 g/mol. The first-order valence-electron chi connectivity index (χ1n) is 6.10. The highest BCUT2D eigenvalue weighted by atomic mass is 16.4. The molecule has 2 aromatic heterocycles. The Labute approximate surface area is 110 Å². The van der Waals surface area contributed by atoms with Gasteiger partial charge in [-0.3, -0.25) is 9.59 Å². The quantitative estimate of drug-likeness (QED) is 0.902. The molecule has 0 aromatic carbocycles. The molecule has 102 valence electrons. The lowest BCUT2D eigenvalue weighted by Crippen LogP contribution is -2.28. The molecule has 0 aliphatic rings. The molecule has 19 heavy (non-hydrogen) atoms. The second-order valence-corrected chi connectivity index (χ2v) is 5.35. The van der Waals surface area contributed by atoms with Crippen molar-refractivity contribution < 1.29 is 9.90 Å². The van der Waals surface area contributed by atoms with Crippen molar-refractivity contribution in [2.75, 3.05) is 0 Å². The van der Waals surface area contributed by atoms with E-state index in [1.54, 1.807) is 32.3 Å². The van der Waals surface area contributed by atoms with Gasteiger partial charge in [-0.2, -0.15) is 5.10 Å². The van der Waals surface area contributed by atoms with Crippen molar-refractivity contribution in [3.8, 4) is 0 Å². The van der Waals surface area contributed by atoms with Crippen LogP contribution in [0.15, 0.2) is 23.3 Å². The summed E-state index contributed by atoms with van der Waals surface area (Å²) < 4.78 is 3.07. The summed E-state index contributed by atoms with van der Waals surface area (Å²) in [4.78, 5) is 23.2. The Morgan fingerprint density at radius 1 is 1.42 bits per heavy atom. The zero-order valence-electron chi connectivity index (χ0n) is 11.3. The number of nitrogens with zero attached hydrogens (tertiary/aromatic N) is 3. The van der Waals surface area contributed by atoms with E-state index in [-0.39, 0.29) is 5.56 Å². The van der Waals surface area contributed by atoms with E-state index in [2.05, 4.69) is 5.10 Å². The topological polar surface area (TPSA) is 76.6 Å². The van der Waals surface area contributed by atoms with E-state index >= 15 is 0 Å². The fraction of sp³-hybridized carbons (Fsp3) is 0.462. The van der Waals surface area contributed by atoms with Gasteiger partial charge in [-0.15, -0.1) is 0 Å². The number of rotatable bonds is 4. The molecule has 0 unspecified atom stereocenters. The van der Waals surface area contributed by atoms with Crippen LogP contribution >= 0.6 is 0 Å². The molecule has 0 saturated carbocycles. The highest BCUT2D eigenvalue weighted by Crippen LogP contribution is 2.20. The molecule has 0 saturated heterocycles. The third kappa shape index (κ3) is 2.52. The molecule has 2 rings (SSSR count). The molecule has 1 N–H and O–H groups in total. The molecule has 6 heteroatoms. The number of carboxylic acid groups (broad SMARTS) is 1. The number of hydrogen-bond acceptors (Lipinski definition) is 3. The summed E-state index contributed by atoms with van der Waals surface area (Å²) in [5.41, 5.74) is 0.292. The van der Waals surface area contributed by atoms with Gasteiger partial charge in [0.05, 0.1) is 11.1 Å². The Bertz CT molecular complexity index is 682. The van der Waals surface area contributed by atoms with Crippen LogP contribution in [0.4, 0.5) is 0 Å². The first-order chi connectivity index (χ1) is 8.81. The van der Waals surface area contributed by atoms with E-state index in [4.69, 9.17) is 5.11 Å². The third-order valence-electron chi connectivity index (χ3n) is 3.28. The van der Waals surface area contributed by atoms with Crippen LogP contribution in [0.2, 0.25) is 0 Å². The highest BCUT2D eigenvalue weighted by molar-refractivity contribution is 5.73. The van der Waals surface area contributed by atoms with Crippen LogP contribution in [0.3, 0.4) is 0 Å². The molecular formula is C13H17N3O3. The molecule has 0 spiro atoms. The standard InChI is InChI=1S/C13H17N3O3/c1-9-8-10-11(17)15(6-7-16(10)14-9)5-4-13(2,3)12(18)19/h6-8H,4-5H2,1-3H3,(H,18,19). The maximum Gasteiger partial charge on any atom is 0.309 e. The summed E-state index contributed by atoms with van der Waals surface area (Å²) in [5, 5.41) is 13.2. The molecule has 6 nitrogen and oxygen atoms in total. The summed E-state index contributed by atoms with van der Waals surface area (Å²) >= 11 is 0. The molecule has 0 radical (unpaired) electrons. The zero-order chi connectivity index (χ0) is 14.2. The summed E-state index contributed by atoms with van der Waals surface area (Å²) in [6.07, 6.45) is 3.74. The van der Waals surface area contributed by atoms with Crippen molar-refractivity contribution in [3.63, 3.8) is 0 Å². The summed E-state index contributed by atoms with van der Waals surface area (Å²) in [5.74, 6) is -0.859. The summed E-state index contributed by atoms with van der Waals surface area (Å²) in [6.45, 7) is 5.51. The van der Waals surface area contributed by atoms with E-state index in [1.165, 1.54) is 9.08 Å². The van der Waals surface area contributed by atoms with Gasteiger partial charge in [-0.25, -0.2) is 4.52 Å². The first-order valence-corrected chi connectivity index (χ1v) is 6.10. The number of carboxylic acids is 1. The van der Waals surface area contributed by atoms with E-state index in [0.717, 1.165) is 5.69 Å². The lowest BCUT2D eigenvalue weighted by Gasteiger charge is -2.19. The van der Waals surface area contributed by atoms with Gasteiger partial charge in [0.15, 0.2) is 0 Å².